The normalized spacial score (nSPS) is 21.0. The Morgan fingerprint density at radius 3 is 2.85 bits per heavy atom. The van der Waals surface area contributed by atoms with Crippen molar-refractivity contribution in [1.82, 2.24) is 14.9 Å². The number of hydrogen-bond donors (Lipinski definition) is 6. The molecule has 4 atom stereocenters. The van der Waals surface area contributed by atoms with E-state index in [2.05, 4.69) is 26.7 Å². The number of carbonyl (C=O) groups excluding carboxylic acids is 1. The Labute approximate surface area is 193 Å². The van der Waals surface area contributed by atoms with Crippen LogP contribution in [0.3, 0.4) is 0 Å². The van der Waals surface area contributed by atoms with Crippen LogP contribution in [-0.4, -0.2) is 81.8 Å². The van der Waals surface area contributed by atoms with Crippen LogP contribution in [0.5, 0.6) is 0 Å². The smallest absolute Gasteiger partial charge is 0.390 e. The number of aromatic amines is 1. The van der Waals surface area contributed by atoms with Crippen LogP contribution in [0.25, 0.3) is 0 Å². The zero-order valence-corrected chi connectivity index (χ0v) is 19.1. The van der Waals surface area contributed by atoms with Crippen molar-refractivity contribution >= 4 is 13.7 Å². The van der Waals surface area contributed by atoms with Gasteiger partial charge in [0.05, 0.1) is 32.5 Å². The molecule has 34 heavy (non-hydrogen) atoms. The number of nitrogens with zero attached hydrogens (tertiary/aromatic N) is 1. The average molecular weight is 506 g/mol. The fourth-order valence-corrected chi connectivity index (χ4v) is 3.13. The molecule has 0 aromatic carbocycles. The molecule has 2 heterocycles. The van der Waals surface area contributed by atoms with Gasteiger partial charge in [-0.2, -0.15) is 0 Å². The van der Waals surface area contributed by atoms with E-state index in [4.69, 9.17) is 29.7 Å². The Balaban J connectivity index is 1.92. The summed E-state index contributed by atoms with van der Waals surface area (Å²) in [6.45, 7) is 1.16. The van der Waals surface area contributed by atoms with Gasteiger partial charge in [0.15, 0.2) is 0 Å². The number of hydrogen-bond acceptors (Lipinski definition) is 10. The number of ether oxygens (including phenoxy) is 3. The molecule has 1 fully saturated rings. The van der Waals surface area contributed by atoms with Crippen LogP contribution >= 0.6 is 7.82 Å². The number of amides is 1. The molecule has 1 aliphatic rings. The highest BCUT2D eigenvalue weighted by molar-refractivity contribution is 7.46. The van der Waals surface area contributed by atoms with Gasteiger partial charge in [-0.1, -0.05) is 11.8 Å². The summed E-state index contributed by atoms with van der Waals surface area (Å²) >= 11 is 0. The van der Waals surface area contributed by atoms with Crippen molar-refractivity contribution in [1.29, 1.82) is 0 Å². The highest BCUT2D eigenvalue weighted by Gasteiger charge is 2.37. The molecule has 1 aromatic rings. The number of H-pyrrole nitrogens is 1. The summed E-state index contributed by atoms with van der Waals surface area (Å²) in [4.78, 5) is 55.5. The molecule has 190 valence electrons. The van der Waals surface area contributed by atoms with E-state index in [1.54, 1.807) is 6.92 Å². The first kappa shape index (κ1) is 27.9. The molecule has 0 radical (unpaired) electrons. The quantitative estimate of drug-likeness (QED) is 0.0769. The molecule has 7 N–H and O–H groups in total. The van der Waals surface area contributed by atoms with Crippen LogP contribution < -0.4 is 22.3 Å². The monoisotopic (exact) mass is 506 g/mol. The molecular formula is C18H27N4O11P. The van der Waals surface area contributed by atoms with Crippen LogP contribution in [0.2, 0.25) is 0 Å². The van der Waals surface area contributed by atoms with Gasteiger partial charge in [0.1, 0.15) is 30.7 Å². The first-order chi connectivity index (χ1) is 16.0. The molecule has 0 spiro atoms. The molecule has 1 saturated heterocycles. The number of phosphoric ester groups is 1. The highest BCUT2D eigenvalue weighted by atomic mass is 31.2. The second-order valence-corrected chi connectivity index (χ2v) is 8.37. The number of rotatable bonds is 11. The second-order valence-electron chi connectivity index (χ2n) is 7.13. The first-order valence-corrected chi connectivity index (χ1v) is 11.6. The van der Waals surface area contributed by atoms with E-state index < -0.39 is 56.2 Å². The average Bonchev–Trinajstić information content (AvgIpc) is 3.10. The van der Waals surface area contributed by atoms with Gasteiger partial charge in [0.2, 0.25) is 5.91 Å². The Bertz CT molecular complexity index is 1050. The number of nitrogens with two attached hydrogens (primary N) is 1. The lowest BCUT2D eigenvalue weighted by atomic mass is 10.2. The molecule has 0 saturated carbocycles. The van der Waals surface area contributed by atoms with Gasteiger partial charge in [0, 0.05) is 12.6 Å². The maximum absolute atomic E-state index is 12.2. The third-order valence-electron chi connectivity index (χ3n) is 4.33. The van der Waals surface area contributed by atoms with Gasteiger partial charge in [-0.15, -0.1) is 0 Å². The van der Waals surface area contributed by atoms with Crippen LogP contribution in [0.4, 0.5) is 0 Å². The summed E-state index contributed by atoms with van der Waals surface area (Å²) < 4.78 is 31.8. The van der Waals surface area contributed by atoms with Crippen molar-refractivity contribution in [2.75, 3.05) is 33.0 Å². The van der Waals surface area contributed by atoms with Gasteiger partial charge in [-0.25, -0.2) is 9.36 Å². The minimum absolute atomic E-state index is 0.0979. The maximum Gasteiger partial charge on any atom is 0.469 e. The van der Waals surface area contributed by atoms with Crippen LogP contribution in [0.15, 0.2) is 15.8 Å². The van der Waals surface area contributed by atoms with E-state index in [1.165, 1.54) is 0 Å². The van der Waals surface area contributed by atoms with Crippen molar-refractivity contribution in [3.8, 4) is 11.8 Å². The molecule has 15 nitrogen and oxygen atoms in total. The van der Waals surface area contributed by atoms with E-state index in [1.807, 2.05) is 0 Å². The predicted octanol–water partition coefficient (Wildman–Crippen LogP) is -2.90. The summed E-state index contributed by atoms with van der Waals surface area (Å²) in [6, 6.07) is 0. The summed E-state index contributed by atoms with van der Waals surface area (Å²) in [5.41, 5.74) is 3.70. The number of phosphoric acid groups is 1. The van der Waals surface area contributed by atoms with E-state index >= 15 is 0 Å². The van der Waals surface area contributed by atoms with Crippen molar-refractivity contribution in [3.05, 3.63) is 32.6 Å². The standard InChI is InChI=1S/C18H27N4O11P/c1-11(19)31-6-5-30-10-15(24)20-4-2-3-12-8-22(18(26)21-17(12)25)16-7-13(23)14(33-16)9-32-34(27,28)29/h8,11,13-14,16,23H,4-7,9-10,19H2,1H3,(H,20,24)(H,21,25,26)(H2,27,28,29). The molecular weight excluding hydrogens is 479 g/mol. The van der Waals surface area contributed by atoms with E-state index in [0.29, 0.717) is 0 Å². The second kappa shape index (κ2) is 12.9. The number of carbonyl (C=O) groups is 1. The first-order valence-electron chi connectivity index (χ1n) is 10.1. The minimum Gasteiger partial charge on any atom is -0.390 e. The third-order valence-corrected chi connectivity index (χ3v) is 4.81. The lowest BCUT2D eigenvalue weighted by Crippen LogP contribution is -2.34. The zero-order chi connectivity index (χ0) is 25.3. The molecule has 0 aliphatic carbocycles. The molecule has 1 aliphatic heterocycles. The molecule has 2 rings (SSSR count). The molecule has 1 aromatic heterocycles. The van der Waals surface area contributed by atoms with E-state index in [0.717, 1.165) is 10.8 Å². The largest absolute Gasteiger partial charge is 0.469 e. The molecule has 4 unspecified atom stereocenters. The SMILES string of the molecule is CC(N)OCCOCC(=O)NCC#Cc1cn(C2CC(O)C(COP(=O)(O)O)O2)c(=O)[nH]c1=O. The van der Waals surface area contributed by atoms with Gasteiger partial charge in [-0.3, -0.25) is 23.7 Å². The molecule has 16 heteroatoms. The lowest BCUT2D eigenvalue weighted by molar-refractivity contribution is -0.126. The lowest BCUT2D eigenvalue weighted by Gasteiger charge is -2.16. The van der Waals surface area contributed by atoms with Crippen molar-refractivity contribution in [2.24, 2.45) is 5.73 Å². The molecule has 1 amide bonds. The van der Waals surface area contributed by atoms with E-state index in [9.17, 15) is 24.1 Å². The molecule has 0 bridgehead atoms. The Kier molecular flexibility index (Phi) is 10.6. The fourth-order valence-electron chi connectivity index (χ4n) is 2.79. The van der Waals surface area contributed by atoms with Gasteiger partial charge < -0.3 is 40.2 Å². The van der Waals surface area contributed by atoms with Gasteiger partial charge in [0.25, 0.3) is 5.56 Å². The predicted molar refractivity (Wildman–Crippen MR) is 114 cm³/mol. The number of aliphatic hydroxyl groups excluding tert-OH is 1. The Morgan fingerprint density at radius 2 is 2.18 bits per heavy atom. The third kappa shape index (κ3) is 9.47. The Hall–Kier alpha value is -2.38. The number of aliphatic hydroxyl groups is 1. The van der Waals surface area contributed by atoms with Crippen LogP contribution in [-0.2, 0) is 28.1 Å². The number of aromatic nitrogens is 2. The summed E-state index contributed by atoms with van der Waals surface area (Å²) in [7, 11) is -4.77. The summed E-state index contributed by atoms with van der Waals surface area (Å²) in [5.74, 6) is 4.66. The van der Waals surface area contributed by atoms with Crippen molar-refractivity contribution in [2.45, 2.75) is 38.0 Å². The van der Waals surface area contributed by atoms with Gasteiger partial charge >= 0.3 is 13.5 Å². The van der Waals surface area contributed by atoms with E-state index in [-0.39, 0.29) is 38.3 Å². The summed E-state index contributed by atoms with van der Waals surface area (Å²) in [6.07, 6.45) is -2.71. The zero-order valence-electron chi connectivity index (χ0n) is 18.2. The topological polar surface area (TPSA) is 225 Å². The minimum atomic E-state index is -4.77. The maximum atomic E-state index is 12.2. The van der Waals surface area contributed by atoms with Crippen LogP contribution in [0.1, 0.15) is 25.1 Å². The summed E-state index contributed by atoms with van der Waals surface area (Å²) in [5, 5.41) is 12.5. The fraction of sp³-hybridized carbons (Fsp3) is 0.611. The number of nitrogens with one attached hydrogen (secondary N) is 2. The highest BCUT2D eigenvalue weighted by Crippen LogP contribution is 2.38. The Morgan fingerprint density at radius 1 is 1.44 bits per heavy atom. The van der Waals surface area contributed by atoms with Gasteiger partial charge in [-0.05, 0) is 6.92 Å². The van der Waals surface area contributed by atoms with Crippen LogP contribution in [0, 0.1) is 11.8 Å². The van der Waals surface area contributed by atoms with Crippen molar-refractivity contribution in [3.63, 3.8) is 0 Å². The van der Waals surface area contributed by atoms with Crippen molar-refractivity contribution < 1.29 is 43.0 Å².